The van der Waals surface area contributed by atoms with Crippen LogP contribution in [0.4, 0.5) is 0 Å². The summed E-state index contributed by atoms with van der Waals surface area (Å²) in [7, 11) is 0. The van der Waals surface area contributed by atoms with E-state index in [2.05, 4.69) is 0 Å². The van der Waals surface area contributed by atoms with Crippen LogP contribution in [0.5, 0.6) is 17.2 Å². The number of ketones is 1. The molecule has 21 heavy (non-hydrogen) atoms. The molecule has 1 heterocycles. The van der Waals surface area contributed by atoms with E-state index in [-0.39, 0.29) is 12.4 Å². The van der Waals surface area contributed by atoms with Gasteiger partial charge in [0.15, 0.2) is 17.6 Å². The van der Waals surface area contributed by atoms with Gasteiger partial charge in [0, 0.05) is 5.56 Å². The minimum absolute atomic E-state index is 0.106. The minimum atomic E-state index is -0.628. The van der Waals surface area contributed by atoms with Crippen LogP contribution in [0.1, 0.15) is 17.3 Å². The summed E-state index contributed by atoms with van der Waals surface area (Å²) >= 11 is 0. The number of fused-ring (bicyclic) bond motifs is 1. The Hall–Kier alpha value is -2.49. The van der Waals surface area contributed by atoms with Crippen LogP contribution in [0.2, 0.25) is 0 Å². The molecule has 4 nitrogen and oxygen atoms in total. The summed E-state index contributed by atoms with van der Waals surface area (Å²) in [6.07, 6.45) is -0.628. The molecule has 0 bridgehead atoms. The molecule has 1 atom stereocenters. The predicted octanol–water partition coefficient (Wildman–Crippen LogP) is 3.11. The zero-order valence-corrected chi connectivity index (χ0v) is 11.7. The fourth-order valence-electron chi connectivity index (χ4n) is 2.24. The fourth-order valence-corrected chi connectivity index (χ4v) is 2.24. The number of hydrogen-bond acceptors (Lipinski definition) is 4. The highest BCUT2D eigenvalue weighted by molar-refractivity contribution is 6.00. The van der Waals surface area contributed by atoms with E-state index in [1.807, 2.05) is 31.2 Å². The molecule has 108 valence electrons. The molecule has 2 aromatic rings. The highest BCUT2D eigenvalue weighted by Gasteiger charge is 2.28. The van der Waals surface area contributed by atoms with Crippen molar-refractivity contribution in [3.05, 3.63) is 54.1 Å². The Kier molecular flexibility index (Phi) is 3.77. The third kappa shape index (κ3) is 2.84. The lowest BCUT2D eigenvalue weighted by Gasteiger charge is -2.25. The highest BCUT2D eigenvalue weighted by Crippen LogP contribution is 2.31. The van der Waals surface area contributed by atoms with Gasteiger partial charge in [-0.25, -0.2) is 0 Å². The number of rotatable bonds is 4. The molecule has 1 aliphatic rings. The van der Waals surface area contributed by atoms with Crippen molar-refractivity contribution in [2.24, 2.45) is 0 Å². The van der Waals surface area contributed by atoms with Crippen molar-refractivity contribution in [1.82, 2.24) is 0 Å². The first-order valence-electron chi connectivity index (χ1n) is 6.93. The number of hydrogen-bond donors (Lipinski definition) is 0. The van der Waals surface area contributed by atoms with Crippen molar-refractivity contribution in [3.63, 3.8) is 0 Å². The number of benzene rings is 2. The van der Waals surface area contributed by atoms with Crippen LogP contribution in [-0.4, -0.2) is 25.1 Å². The Balaban J connectivity index is 1.79. The van der Waals surface area contributed by atoms with Crippen molar-refractivity contribution in [2.45, 2.75) is 13.0 Å². The second-order valence-corrected chi connectivity index (χ2v) is 4.69. The quantitative estimate of drug-likeness (QED) is 0.809. The Morgan fingerprint density at radius 2 is 2.00 bits per heavy atom. The molecule has 1 unspecified atom stereocenters. The smallest absolute Gasteiger partial charge is 0.207 e. The van der Waals surface area contributed by atoms with Gasteiger partial charge in [0.25, 0.3) is 0 Å². The second kappa shape index (κ2) is 5.87. The average Bonchev–Trinajstić information content (AvgIpc) is 2.54. The summed E-state index contributed by atoms with van der Waals surface area (Å²) in [4.78, 5) is 12.5. The maximum absolute atomic E-state index is 12.5. The van der Waals surface area contributed by atoms with Gasteiger partial charge in [-0.3, -0.25) is 4.79 Å². The SMILES string of the molecule is CCOc1cccc(C(=O)C2COc3ccccc3O2)c1. The normalized spacial score (nSPS) is 16.3. The van der Waals surface area contributed by atoms with E-state index in [1.54, 1.807) is 24.3 Å². The molecule has 0 aromatic heterocycles. The molecule has 0 saturated heterocycles. The average molecular weight is 284 g/mol. The van der Waals surface area contributed by atoms with E-state index in [0.717, 1.165) is 0 Å². The molecule has 0 amide bonds. The number of carbonyl (C=O) groups excluding carboxylic acids is 1. The number of para-hydroxylation sites is 2. The summed E-state index contributed by atoms with van der Waals surface area (Å²) in [5.41, 5.74) is 0.564. The zero-order chi connectivity index (χ0) is 14.7. The van der Waals surface area contributed by atoms with Crippen molar-refractivity contribution in [1.29, 1.82) is 0 Å². The zero-order valence-electron chi connectivity index (χ0n) is 11.7. The van der Waals surface area contributed by atoms with Crippen LogP contribution in [0.3, 0.4) is 0 Å². The molecule has 2 aromatic carbocycles. The predicted molar refractivity (Wildman–Crippen MR) is 78.3 cm³/mol. The molecule has 0 fully saturated rings. The van der Waals surface area contributed by atoms with E-state index >= 15 is 0 Å². The van der Waals surface area contributed by atoms with Gasteiger partial charge in [-0.2, -0.15) is 0 Å². The standard InChI is InChI=1S/C17H16O4/c1-2-19-13-7-5-6-12(10-13)17(18)16-11-20-14-8-3-4-9-15(14)21-16/h3-10,16H,2,11H2,1H3. The van der Waals surface area contributed by atoms with Gasteiger partial charge in [0.2, 0.25) is 5.78 Å². The summed E-state index contributed by atoms with van der Waals surface area (Å²) in [6.45, 7) is 2.69. The first kappa shape index (κ1) is 13.5. The van der Waals surface area contributed by atoms with Crippen LogP contribution in [0.25, 0.3) is 0 Å². The Morgan fingerprint density at radius 1 is 1.19 bits per heavy atom. The van der Waals surface area contributed by atoms with Crippen LogP contribution >= 0.6 is 0 Å². The molecule has 4 heteroatoms. The molecule has 1 aliphatic heterocycles. The number of carbonyl (C=O) groups is 1. The number of ether oxygens (including phenoxy) is 3. The summed E-state index contributed by atoms with van der Waals surface area (Å²) < 4.78 is 16.7. The van der Waals surface area contributed by atoms with Crippen molar-refractivity contribution in [2.75, 3.05) is 13.2 Å². The molecular weight excluding hydrogens is 268 g/mol. The maximum Gasteiger partial charge on any atom is 0.207 e. The van der Waals surface area contributed by atoms with E-state index in [1.165, 1.54) is 0 Å². The van der Waals surface area contributed by atoms with Gasteiger partial charge >= 0.3 is 0 Å². The molecule has 0 N–H and O–H groups in total. The van der Waals surface area contributed by atoms with E-state index in [9.17, 15) is 4.79 Å². The molecular formula is C17H16O4. The van der Waals surface area contributed by atoms with Crippen molar-refractivity contribution >= 4 is 5.78 Å². The summed E-state index contributed by atoms with van der Waals surface area (Å²) in [5.74, 6) is 1.85. The van der Waals surface area contributed by atoms with Crippen molar-refractivity contribution < 1.29 is 19.0 Å². The highest BCUT2D eigenvalue weighted by atomic mass is 16.6. The van der Waals surface area contributed by atoms with Crippen LogP contribution < -0.4 is 14.2 Å². The minimum Gasteiger partial charge on any atom is -0.494 e. The van der Waals surface area contributed by atoms with Gasteiger partial charge in [-0.1, -0.05) is 24.3 Å². The monoisotopic (exact) mass is 284 g/mol. The molecule has 0 aliphatic carbocycles. The Labute approximate surface area is 123 Å². The first-order valence-corrected chi connectivity index (χ1v) is 6.93. The van der Waals surface area contributed by atoms with E-state index < -0.39 is 6.10 Å². The van der Waals surface area contributed by atoms with Crippen LogP contribution in [-0.2, 0) is 0 Å². The lowest BCUT2D eigenvalue weighted by Crippen LogP contribution is -2.36. The van der Waals surface area contributed by atoms with Gasteiger partial charge in [-0.15, -0.1) is 0 Å². The summed E-state index contributed by atoms with van der Waals surface area (Å²) in [5, 5.41) is 0. The Morgan fingerprint density at radius 3 is 2.81 bits per heavy atom. The fraction of sp³-hybridized carbons (Fsp3) is 0.235. The maximum atomic E-state index is 12.5. The summed E-state index contributed by atoms with van der Waals surface area (Å²) in [6, 6.07) is 14.5. The van der Waals surface area contributed by atoms with E-state index in [0.29, 0.717) is 29.4 Å². The molecule has 3 rings (SSSR count). The lowest BCUT2D eigenvalue weighted by molar-refractivity contribution is 0.0585. The van der Waals surface area contributed by atoms with Gasteiger partial charge in [0.1, 0.15) is 12.4 Å². The third-order valence-electron chi connectivity index (χ3n) is 3.23. The van der Waals surface area contributed by atoms with E-state index in [4.69, 9.17) is 14.2 Å². The van der Waals surface area contributed by atoms with Gasteiger partial charge in [0.05, 0.1) is 6.61 Å². The Bertz CT molecular complexity index is 651. The van der Waals surface area contributed by atoms with Crippen molar-refractivity contribution in [3.8, 4) is 17.2 Å². The van der Waals surface area contributed by atoms with Gasteiger partial charge < -0.3 is 14.2 Å². The first-order chi connectivity index (χ1) is 10.3. The third-order valence-corrected chi connectivity index (χ3v) is 3.23. The van der Waals surface area contributed by atoms with Crippen LogP contribution in [0, 0.1) is 0 Å². The van der Waals surface area contributed by atoms with Crippen LogP contribution in [0.15, 0.2) is 48.5 Å². The number of Topliss-reactive ketones (excluding diaryl/α,β-unsaturated/α-hetero) is 1. The van der Waals surface area contributed by atoms with Gasteiger partial charge in [-0.05, 0) is 31.2 Å². The molecule has 0 radical (unpaired) electrons. The largest absolute Gasteiger partial charge is 0.494 e. The lowest BCUT2D eigenvalue weighted by atomic mass is 10.1. The molecule has 0 saturated carbocycles. The second-order valence-electron chi connectivity index (χ2n) is 4.69. The topological polar surface area (TPSA) is 44.8 Å². The molecule has 0 spiro atoms.